The maximum atomic E-state index is 11.7. The Bertz CT molecular complexity index is 339. The highest BCUT2D eigenvalue weighted by Gasteiger charge is 2.14. The van der Waals surface area contributed by atoms with Crippen LogP contribution in [-0.2, 0) is 9.53 Å². The second kappa shape index (κ2) is 6.98. The molecular weight excluding hydrogens is 218 g/mol. The number of nitrogens with zero attached hydrogens (tertiary/aromatic N) is 1. The van der Waals surface area contributed by atoms with Gasteiger partial charge in [0.05, 0.1) is 24.3 Å². The van der Waals surface area contributed by atoms with Crippen molar-refractivity contribution in [3.8, 4) is 0 Å². The monoisotopic (exact) mass is 237 g/mol. The lowest BCUT2D eigenvalue weighted by molar-refractivity contribution is -0.124. The van der Waals surface area contributed by atoms with Gasteiger partial charge in [-0.05, 0) is 19.1 Å². The van der Waals surface area contributed by atoms with E-state index in [2.05, 4.69) is 10.3 Å². The highest BCUT2D eigenvalue weighted by atomic mass is 16.5. The molecule has 1 aromatic heterocycles. The fraction of sp³-hybridized carbons (Fsp3) is 0.500. The standard InChI is InChI=1S/C12H19N3O2/c1-9(11-5-3-4-6-14-11)15-12(16)7-10(8-13)17-2/h3-6,9-10H,7-8,13H2,1-2H3,(H,15,16). The molecule has 1 aromatic rings. The van der Waals surface area contributed by atoms with E-state index in [0.717, 1.165) is 5.69 Å². The number of hydrogen-bond donors (Lipinski definition) is 2. The van der Waals surface area contributed by atoms with E-state index in [1.807, 2.05) is 25.1 Å². The van der Waals surface area contributed by atoms with Crippen molar-refractivity contribution in [2.45, 2.75) is 25.5 Å². The molecule has 0 aliphatic carbocycles. The molecule has 5 nitrogen and oxygen atoms in total. The lowest BCUT2D eigenvalue weighted by atomic mass is 10.2. The Kier molecular flexibility index (Phi) is 5.59. The van der Waals surface area contributed by atoms with Crippen molar-refractivity contribution in [2.24, 2.45) is 5.73 Å². The number of pyridine rings is 1. The fourth-order valence-corrected chi connectivity index (χ4v) is 1.48. The van der Waals surface area contributed by atoms with Crippen molar-refractivity contribution < 1.29 is 9.53 Å². The summed E-state index contributed by atoms with van der Waals surface area (Å²) in [6.07, 6.45) is 1.74. The summed E-state index contributed by atoms with van der Waals surface area (Å²) >= 11 is 0. The molecule has 5 heteroatoms. The first-order valence-corrected chi connectivity index (χ1v) is 5.60. The van der Waals surface area contributed by atoms with Gasteiger partial charge in [-0.15, -0.1) is 0 Å². The van der Waals surface area contributed by atoms with E-state index in [1.165, 1.54) is 0 Å². The molecule has 0 aliphatic rings. The predicted molar refractivity (Wildman–Crippen MR) is 65.3 cm³/mol. The lowest BCUT2D eigenvalue weighted by Gasteiger charge is -2.16. The van der Waals surface area contributed by atoms with Crippen LogP contribution in [0.2, 0.25) is 0 Å². The SMILES string of the molecule is COC(CN)CC(=O)NC(C)c1ccccn1. The van der Waals surface area contributed by atoms with Crippen LogP contribution in [0.4, 0.5) is 0 Å². The first kappa shape index (κ1) is 13.6. The highest BCUT2D eigenvalue weighted by Crippen LogP contribution is 2.08. The topological polar surface area (TPSA) is 77.2 Å². The summed E-state index contributed by atoms with van der Waals surface area (Å²) in [5.41, 5.74) is 6.29. The van der Waals surface area contributed by atoms with Crippen molar-refractivity contribution >= 4 is 5.91 Å². The fourth-order valence-electron chi connectivity index (χ4n) is 1.48. The molecule has 0 saturated heterocycles. The first-order valence-electron chi connectivity index (χ1n) is 5.60. The Hall–Kier alpha value is -1.46. The zero-order chi connectivity index (χ0) is 12.7. The molecule has 0 fully saturated rings. The minimum Gasteiger partial charge on any atom is -0.380 e. The second-order valence-electron chi connectivity index (χ2n) is 3.84. The maximum absolute atomic E-state index is 11.7. The Morgan fingerprint density at radius 2 is 2.35 bits per heavy atom. The molecule has 0 saturated carbocycles. The molecule has 94 valence electrons. The summed E-state index contributed by atoms with van der Waals surface area (Å²) in [4.78, 5) is 15.9. The van der Waals surface area contributed by atoms with Crippen LogP contribution in [0.3, 0.4) is 0 Å². The maximum Gasteiger partial charge on any atom is 0.223 e. The summed E-state index contributed by atoms with van der Waals surface area (Å²) in [6, 6.07) is 5.50. The van der Waals surface area contributed by atoms with E-state index in [1.54, 1.807) is 13.3 Å². The number of aromatic nitrogens is 1. The smallest absolute Gasteiger partial charge is 0.223 e. The molecule has 1 amide bonds. The number of nitrogens with one attached hydrogen (secondary N) is 1. The van der Waals surface area contributed by atoms with Gasteiger partial charge in [0.25, 0.3) is 0 Å². The minimum absolute atomic E-state index is 0.0829. The number of methoxy groups -OCH3 is 1. The van der Waals surface area contributed by atoms with E-state index in [0.29, 0.717) is 6.54 Å². The Morgan fingerprint density at radius 3 is 2.88 bits per heavy atom. The van der Waals surface area contributed by atoms with Gasteiger partial charge in [0.2, 0.25) is 5.91 Å². The average molecular weight is 237 g/mol. The van der Waals surface area contributed by atoms with Crippen LogP contribution in [0.25, 0.3) is 0 Å². The summed E-state index contributed by atoms with van der Waals surface area (Å²) in [7, 11) is 1.55. The quantitative estimate of drug-likeness (QED) is 0.760. The molecule has 1 rings (SSSR count). The van der Waals surface area contributed by atoms with E-state index in [9.17, 15) is 4.79 Å². The predicted octanol–water partition coefficient (Wildman–Crippen LogP) is 0.623. The summed E-state index contributed by atoms with van der Waals surface area (Å²) in [6.45, 7) is 2.23. The van der Waals surface area contributed by atoms with Crippen LogP contribution in [0, 0.1) is 0 Å². The van der Waals surface area contributed by atoms with Crippen LogP contribution in [-0.4, -0.2) is 30.6 Å². The van der Waals surface area contributed by atoms with Crippen LogP contribution in [0.5, 0.6) is 0 Å². The van der Waals surface area contributed by atoms with Gasteiger partial charge in [0.15, 0.2) is 0 Å². The average Bonchev–Trinajstić information content (AvgIpc) is 2.37. The third-order valence-electron chi connectivity index (χ3n) is 2.52. The largest absolute Gasteiger partial charge is 0.380 e. The van der Waals surface area contributed by atoms with Crippen LogP contribution in [0.1, 0.15) is 25.1 Å². The molecule has 0 aromatic carbocycles. The zero-order valence-corrected chi connectivity index (χ0v) is 10.2. The summed E-state index contributed by atoms with van der Waals surface area (Å²) < 4.78 is 5.06. The van der Waals surface area contributed by atoms with Crippen LogP contribution >= 0.6 is 0 Å². The molecule has 0 radical (unpaired) electrons. The molecule has 0 bridgehead atoms. The molecule has 2 unspecified atom stereocenters. The molecule has 1 heterocycles. The minimum atomic E-state index is -0.231. The summed E-state index contributed by atoms with van der Waals surface area (Å²) in [5, 5.41) is 2.86. The van der Waals surface area contributed by atoms with E-state index >= 15 is 0 Å². The molecule has 0 spiro atoms. The van der Waals surface area contributed by atoms with Gasteiger partial charge in [-0.2, -0.15) is 0 Å². The molecule has 0 aliphatic heterocycles. The van der Waals surface area contributed by atoms with E-state index in [-0.39, 0.29) is 24.5 Å². The third kappa shape index (κ3) is 4.50. The van der Waals surface area contributed by atoms with Crippen LogP contribution in [0.15, 0.2) is 24.4 Å². The number of ether oxygens (including phenoxy) is 1. The molecule has 17 heavy (non-hydrogen) atoms. The Labute approximate surface area is 101 Å². The van der Waals surface area contributed by atoms with Gasteiger partial charge in [0.1, 0.15) is 0 Å². The van der Waals surface area contributed by atoms with Gasteiger partial charge in [-0.25, -0.2) is 0 Å². The normalized spacial score (nSPS) is 14.1. The molecule has 2 atom stereocenters. The zero-order valence-electron chi connectivity index (χ0n) is 10.2. The highest BCUT2D eigenvalue weighted by molar-refractivity contribution is 5.76. The van der Waals surface area contributed by atoms with Crippen molar-refractivity contribution in [1.29, 1.82) is 0 Å². The van der Waals surface area contributed by atoms with Gasteiger partial charge >= 0.3 is 0 Å². The van der Waals surface area contributed by atoms with Crippen LogP contribution < -0.4 is 11.1 Å². The number of amides is 1. The van der Waals surface area contributed by atoms with Crippen molar-refractivity contribution in [1.82, 2.24) is 10.3 Å². The Balaban J connectivity index is 2.46. The third-order valence-corrected chi connectivity index (χ3v) is 2.52. The Morgan fingerprint density at radius 1 is 1.59 bits per heavy atom. The number of hydrogen-bond acceptors (Lipinski definition) is 4. The number of nitrogens with two attached hydrogens (primary N) is 1. The van der Waals surface area contributed by atoms with Gasteiger partial charge in [-0.3, -0.25) is 9.78 Å². The van der Waals surface area contributed by atoms with Crippen molar-refractivity contribution in [3.05, 3.63) is 30.1 Å². The van der Waals surface area contributed by atoms with Crippen molar-refractivity contribution in [3.63, 3.8) is 0 Å². The first-order chi connectivity index (χ1) is 8.17. The second-order valence-corrected chi connectivity index (χ2v) is 3.84. The van der Waals surface area contributed by atoms with E-state index < -0.39 is 0 Å². The van der Waals surface area contributed by atoms with Gasteiger partial charge in [0, 0.05) is 19.9 Å². The summed E-state index contributed by atoms with van der Waals surface area (Å²) in [5.74, 6) is -0.0829. The van der Waals surface area contributed by atoms with Gasteiger partial charge in [-0.1, -0.05) is 6.07 Å². The number of rotatable bonds is 6. The molecular formula is C12H19N3O2. The van der Waals surface area contributed by atoms with Gasteiger partial charge < -0.3 is 15.8 Å². The number of carbonyl (C=O) groups is 1. The molecule has 3 N–H and O–H groups in total. The number of carbonyl (C=O) groups excluding carboxylic acids is 1. The van der Waals surface area contributed by atoms with E-state index in [4.69, 9.17) is 10.5 Å². The lowest BCUT2D eigenvalue weighted by Crippen LogP contribution is -2.33. The van der Waals surface area contributed by atoms with Crippen molar-refractivity contribution in [2.75, 3.05) is 13.7 Å².